The van der Waals surface area contributed by atoms with Gasteiger partial charge in [-0.3, -0.25) is 0 Å². The van der Waals surface area contributed by atoms with Crippen LogP contribution in [0.5, 0.6) is 0 Å². The van der Waals surface area contributed by atoms with E-state index in [0.717, 1.165) is 17.3 Å². The van der Waals surface area contributed by atoms with Gasteiger partial charge in [0.05, 0.1) is 25.4 Å². The van der Waals surface area contributed by atoms with Crippen LogP contribution in [0.15, 0.2) is 0 Å². The van der Waals surface area contributed by atoms with E-state index in [1.165, 1.54) is 0 Å². The van der Waals surface area contributed by atoms with Crippen molar-refractivity contribution in [3.05, 3.63) is 0 Å². The highest BCUT2D eigenvalue weighted by atomic mass is 127. The smallest absolute Gasteiger partial charge is 0.378 e. The molecule has 0 aliphatic carbocycles. The molecule has 0 bridgehead atoms. The molecule has 1 N–H and O–H groups in total. The molecular weight excluding hydrogens is 358 g/mol. The Morgan fingerprint density at radius 3 is 2.35 bits per heavy atom. The average Bonchev–Trinajstić information content (AvgIpc) is 2.33. The third kappa shape index (κ3) is 8.40. The van der Waals surface area contributed by atoms with E-state index in [4.69, 9.17) is 18.9 Å². The monoisotopic (exact) mass is 379 g/mol. The summed E-state index contributed by atoms with van der Waals surface area (Å²) in [6, 6.07) is 0. The molecule has 5 nitrogen and oxygen atoms in total. The van der Waals surface area contributed by atoms with Crippen molar-refractivity contribution in [2.45, 2.75) is 32.3 Å². The van der Waals surface area contributed by atoms with E-state index in [2.05, 4.69) is 22.6 Å². The normalized spacial score (nSPS) is 12.8. The fraction of sp³-hybridized carbons (Fsp3) is 1.00. The van der Waals surface area contributed by atoms with Crippen LogP contribution in [-0.4, -0.2) is 41.3 Å². The molecule has 1 atom stereocenters. The second-order valence-corrected chi connectivity index (χ2v) is 5.36. The predicted octanol–water partition coefficient (Wildman–Crippen LogP) is 2.68. The summed E-state index contributed by atoms with van der Waals surface area (Å²) >= 11 is 2.24. The summed E-state index contributed by atoms with van der Waals surface area (Å²) in [6.45, 7) is 5.82. The molecule has 0 saturated carbocycles. The van der Waals surface area contributed by atoms with E-state index in [9.17, 15) is 4.57 Å². The van der Waals surface area contributed by atoms with Crippen LogP contribution >= 0.6 is 30.8 Å². The van der Waals surface area contributed by atoms with Crippen LogP contribution in [-0.2, 0) is 18.6 Å². The van der Waals surface area contributed by atoms with Gasteiger partial charge in [-0.2, -0.15) is 0 Å². The maximum atomic E-state index is 10.5. The minimum Gasteiger partial charge on any atom is -0.378 e. The van der Waals surface area contributed by atoms with Crippen molar-refractivity contribution in [2.75, 3.05) is 30.9 Å². The number of hydrogen-bond donors (Lipinski definition) is 1. The van der Waals surface area contributed by atoms with Crippen LogP contribution in [0.4, 0.5) is 0 Å². The highest BCUT2D eigenvalue weighted by Crippen LogP contribution is 2.26. The number of alkyl halides is 1. The van der Waals surface area contributed by atoms with Crippen LogP contribution in [0.2, 0.25) is 0 Å². The lowest BCUT2D eigenvalue weighted by molar-refractivity contribution is -0.0934. The maximum absolute atomic E-state index is 10.5. The van der Waals surface area contributed by atoms with Crippen LogP contribution in [0.25, 0.3) is 0 Å². The lowest BCUT2D eigenvalue weighted by atomic mass is 9.98. The average molecular weight is 379 g/mol. The Balaban J connectivity index is 3.97. The molecule has 0 aromatic carbocycles. The van der Waals surface area contributed by atoms with Crippen molar-refractivity contribution in [2.24, 2.45) is 0 Å². The fourth-order valence-corrected chi connectivity index (χ4v) is 2.00. The van der Waals surface area contributed by atoms with Crippen molar-refractivity contribution in [3.8, 4) is 0 Å². The van der Waals surface area contributed by atoms with Crippen molar-refractivity contribution >= 4 is 30.8 Å². The molecule has 102 valence electrons. The second kappa shape index (κ2) is 10.6. The molecule has 0 aromatic rings. The molecule has 0 rings (SSSR count). The molecular formula is C10H21IO5P+. The SMILES string of the molecule is CCC(CC)(CO[P+](=O)O)OCCOCCI. The van der Waals surface area contributed by atoms with Gasteiger partial charge in [0.15, 0.2) is 0 Å². The lowest BCUT2D eigenvalue weighted by Gasteiger charge is -2.29. The van der Waals surface area contributed by atoms with E-state index in [0.29, 0.717) is 19.8 Å². The summed E-state index contributed by atoms with van der Waals surface area (Å²) in [5.74, 6) is 0. The standard InChI is InChI=1S/C10H20IO5P/c1-3-10(4-2,9-16-17(12)13)15-8-7-14-6-5-11/h3-9H2,1-2H3/p+1. The topological polar surface area (TPSA) is 65.0 Å². The molecule has 0 heterocycles. The van der Waals surface area contributed by atoms with Gasteiger partial charge in [0.2, 0.25) is 0 Å². The van der Waals surface area contributed by atoms with Gasteiger partial charge >= 0.3 is 8.25 Å². The number of ether oxygens (including phenoxy) is 2. The van der Waals surface area contributed by atoms with E-state index in [-0.39, 0.29) is 6.61 Å². The minimum absolute atomic E-state index is 0.137. The predicted molar refractivity (Wildman–Crippen MR) is 74.7 cm³/mol. The first-order valence-electron chi connectivity index (χ1n) is 5.67. The third-order valence-electron chi connectivity index (χ3n) is 2.58. The zero-order valence-corrected chi connectivity index (χ0v) is 13.4. The number of rotatable bonds is 11. The van der Waals surface area contributed by atoms with Crippen molar-refractivity contribution in [1.82, 2.24) is 0 Å². The van der Waals surface area contributed by atoms with Gasteiger partial charge in [-0.15, -0.1) is 9.42 Å². The molecule has 0 saturated heterocycles. The minimum atomic E-state index is -2.56. The summed E-state index contributed by atoms with van der Waals surface area (Å²) < 4.78 is 27.3. The Morgan fingerprint density at radius 1 is 1.24 bits per heavy atom. The Labute approximate surface area is 117 Å². The van der Waals surface area contributed by atoms with Crippen molar-refractivity contribution < 1.29 is 23.5 Å². The van der Waals surface area contributed by atoms with Crippen molar-refractivity contribution in [1.29, 1.82) is 0 Å². The Morgan fingerprint density at radius 2 is 1.88 bits per heavy atom. The highest BCUT2D eigenvalue weighted by Gasteiger charge is 2.31. The molecule has 7 heteroatoms. The zero-order valence-electron chi connectivity index (χ0n) is 10.4. The second-order valence-electron chi connectivity index (χ2n) is 3.55. The summed E-state index contributed by atoms with van der Waals surface area (Å²) in [5.41, 5.74) is -0.485. The molecule has 0 radical (unpaired) electrons. The Bertz CT molecular complexity index is 211. The van der Waals surface area contributed by atoms with Crippen LogP contribution < -0.4 is 0 Å². The molecule has 0 amide bonds. The summed E-state index contributed by atoms with van der Waals surface area (Å²) in [7, 11) is -2.56. The summed E-state index contributed by atoms with van der Waals surface area (Å²) in [6.07, 6.45) is 1.47. The van der Waals surface area contributed by atoms with E-state index in [1.807, 2.05) is 13.8 Å². The van der Waals surface area contributed by atoms with Gasteiger partial charge in [0.25, 0.3) is 0 Å². The molecule has 0 fully saturated rings. The molecule has 17 heavy (non-hydrogen) atoms. The first-order chi connectivity index (χ1) is 8.10. The zero-order chi connectivity index (χ0) is 13.1. The molecule has 1 unspecified atom stereocenters. The summed E-state index contributed by atoms with van der Waals surface area (Å²) in [4.78, 5) is 8.65. The molecule has 0 aliphatic rings. The fourth-order valence-electron chi connectivity index (χ4n) is 1.35. The Hall–Kier alpha value is 0.670. The first kappa shape index (κ1) is 17.7. The van der Waals surface area contributed by atoms with Crippen LogP contribution in [0, 0.1) is 0 Å². The van der Waals surface area contributed by atoms with Crippen molar-refractivity contribution in [3.63, 3.8) is 0 Å². The molecule has 0 aliphatic heterocycles. The number of halogens is 1. The largest absolute Gasteiger partial charge is 0.694 e. The van der Waals surface area contributed by atoms with Crippen LogP contribution in [0.1, 0.15) is 26.7 Å². The van der Waals surface area contributed by atoms with Gasteiger partial charge in [-0.05, 0) is 12.8 Å². The van der Waals surface area contributed by atoms with Gasteiger partial charge in [0, 0.05) is 8.99 Å². The van der Waals surface area contributed by atoms with E-state index in [1.54, 1.807) is 0 Å². The van der Waals surface area contributed by atoms with Gasteiger partial charge in [-0.1, -0.05) is 36.4 Å². The van der Waals surface area contributed by atoms with E-state index < -0.39 is 13.9 Å². The summed E-state index contributed by atoms with van der Waals surface area (Å²) in [5, 5.41) is 0. The lowest BCUT2D eigenvalue weighted by Crippen LogP contribution is -2.37. The van der Waals surface area contributed by atoms with E-state index >= 15 is 0 Å². The van der Waals surface area contributed by atoms with Gasteiger partial charge < -0.3 is 9.47 Å². The van der Waals surface area contributed by atoms with Gasteiger partial charge in [-0.25, -0.2) is 0 Å². The third-order valence-corrected chi connectivity index (χ3v) is 3.37. The van der Waals surface area contributed by atoms with Crippen LogP contribution in [0.3, 0.4) is 0 Å². The Kier molecular flexibility index (Phi) is 11.0. The van der Waals surface area contributed by atoms with Gasteiger partial charge in [0.1, 0.15) is 6.61 Å². The number of hydrogen-bond acceptors (Lipinski definition) is 4. The quantitative estimate of drug-likeness (QED) is 0.259. The maximum Gasteiger partial charge on any atom is 0.694 e. The molecule has 0 aromatic heterocycles. The highest BCUT2D eigenvalue weighted by molar-refractivity contribution is 14.1. The first-order valence-corrected chi connectivity index (χ1v) is 8.32. The molecule has 0 spiro atoms.